The monoisotopic (exact) mass is 558 g/mol. The number of benzene rings is 1. The van der Waals surface area contributed by atoms with E-state index in [1.54, 1.807) is 0 Å². The predicted octanol–water partition coefficient (Wildman–Crippen LogP) is 3.16. The van der Waals surface area contributed by atoms with Gasteiger partial charge in [-0.05, 0) is 30.2 Å². The Morgan fingerprint density at radius 3 is 2.30 bits per heavy atom. The van der Waals surface area contributed by atoms with Crippen LogP contribution in [0.4, 0.5) is 4.79 Å². The lowest BCUT2D eigenvalue weighted by atomic mass is 10.2. The molecule has 1 saturated heterocycles. The van der Waals surface area contributed by atoms with Gasteiger partial charge in [0.15, 0.2) is 0 Å². The van der Waals surface area contributed by atoms with Crippen molar-refractivity contribution in [2.45, 2.75) is 38.1 Å². The van der Waals surface area contributed by atoms with E-state index in [1.807, 2.05) is 6.92 Å². The van der Waals surface area contributed by atoms with Crippen LogP contribution in [-0.4, -0.2) is 61.6 Å². The summed E-state index contributed by atoms with van der Waals surface area (Å²) in [6.07, 6.45) is 0.176. The second-order valence-electron chi connectivity index (χ2n) is 8.16. The number of amides is 1. The van der Waals surface area contributed by atoms with E-state index in [0.29, 0.717) is 13.0 Å². The normalized spacial score (nSPS) is 27.3. The number of rotatable bonds is 9. The molecule has 1 aliphatic rings. The van der Waals surface area contributed by atoms with Crippen LogP contribution in [0.1, 0.15) is 37.7 Å². The minimum atomic E-state index is -5.13. The summed E-state index contributed by atoms with van der Waals surface area (Å²) in [5, 5.41) is 7.67. The first-order chi connectivity index (χ1) is 17.4. The molecule has 2 aromatic rings. The Morgan fingerprint density at radius 1 is 1.11 bits per heavy atom. The van der Waals surface area contributed by atoms with Gasteiger partial charge in [-0.15, -0.1) is 0 Å². The second-order valence-corrected chi connectivity index (χ2v) is 12.5. The minimum Gasteiger partial charge on any atom is -0.464 e. The van der Waals surface area contributed by atoms with Gasteiger partial charge in [0.2, 0.25) is 6.29 Å². The molecule has 202 valence electrons. The third kappa shape index (κ3) is 6.82. The molecule has 0 saturated carbocycles. The fraction of sp³-hybridized carbons (Fsp3) is 0.409. The molecule has 2 atom stereocenters. The van der Waals surface area contributed by atoms with Gasteiger partial charge in [-0.25, -0.2) is 4.79 Å². The molecule has 1 aromatic heterocycles. The molecule has 1 aliphatic heterocycles. The van der Waals surface area contributed by atoms with Crippen LogP contribution in [0, 0.1) is 0 Å². The maximum atomic E-state index is 12.9. The molecule has 2 heterocycles. The Balaban J connectivity index is 1.71. The van der Waals surface area contributed by atoms with Gasteiger partial charge < -0.3 is 29.3 Å². The van der Waals surface area contributed by atoms with E-state index in [-0.39, 0.29) is 30.0 Å². The topological polar surface area (TPSA) is 182 Å². The Kier molecular flexibility index (Phi) is 9.25. The number of ether oxygens (including phenoxy) is 2. The number of esters is 1. The molecule has 3 rings (SSSR count). The molecule has 37 heavy (non-hydrogen) atoms. The van der Waals surface area contributed by atoms with Crippen LogP contribution in [0.3, 0.4) is 0 Å². The van der Waals surface area contributed by atoms with Gasteiger partial charge in [0.05, 0.1) is 6.54 Å². The van der Waals surface area contributed by atoms with Crippen LogP contribution in [0.2, 0.25) is 0 Å². The summed E-state index contributed by atoms with van der Waals surface area (Å²) >= 11 is 0. The van der Waals surface area contributed by atoms with E-state index >= 15 is 0 Å². The van der Waals surface area contributed by atoms with Crippen LogP contribution in [0.5, 0.6) is 5.75 Å². The molecular weight excluding hydrogens is 530 g/mol. The van der Waals surface area contributed by atoms with E-state index in [2.05, 4.69) is 4.98 Å². The summed E-state index contributed by atoms with van der Waals surface area (Å²) < 4.78 is 46.1. The number of aliphatic hydroxyl groups is 1. The molecule has 1 fully saturated rings. The zero-order valence-electron chi connectivity index (χ0n) is 20.1. The van der Waals surface area contributed by atoms with Crippen molar-refractivity contribution >= 4 is 27.3 Å². The Bertz CT molecular complexity index is 1170. The Hall–Kier alpha value is -2.63. The molecule has 0 radical (unpaired) electrons. The summed E-state index contributed by atoms with van der Waals surface area (Å²) in [6.45, 7) is 3.63. The van der Waals surface area contributed by atoms with Crippen molar-refractivity contribution in [1.29, 1.82) is 0 Å². The smallest absolute Gasteiger partial charge is 0.415 e. The summed E-state index contributed by atoms with van der Waals surface area (Å²) in [7, 11) is -10.3. The fourth-order valence-corrected chi connectivity index (χ4v) is 7.01. The van der Waals surface area contributed by atoms with E-state index in [0.717, 1.165) is 0 Å². The van der Waals surface area contributed by atoms with Gasteiger partial charge in [0, 0.05) is 37.8 Å². The van der Waals surface area contributed by atoms with E-state index < -0.39 is 45.0 Å². The highest BCUT2D eigenvalue weighted by Gasteiger charge is 2.67. The number of carbonyl (C=O) groups excluding carboxylic acids is 2. The van der Waals surface area contributed by atoms with Gasteiger partial charge in [0.25, 0.3) is 5.08 Å². The molecule has 13 nitrogen and oxygen atoms in total. The van der Waals surface area contributed by atoms with E-state index in [4.69, 9.17) is 18.5 Å². The van der Waals surface area contributed by atoms with Gasteiger partial charge in [-0.1, -0.05) is 25.1 Å². The molecule has 0 spiro atoms. The number of pyridine rings is 1. The van der Waals surface area contributed by atoms with Crippen LogP contribution in [0.15, 0.2) is 48.8 Å². The quantitative estimate of drug-likeness (QED) is 0.302. The molecule has 1 aromatic carbocycles. The molecular formula is C22H28N2O11P2. The molecule has 15 heteroatoms. The molecule has 3 N–H and O–H groups in total. The van der Waals surface area contributed by atoms with Crippen LogP contribution >= 0.6 is 15.2 Å². The first-order valence-corrected chi connectivity index (χ1v) is 14.4. The number of aromatic nitrogens is 1. The number of nitrogens with zero attached hydrogens (tertiary/aromatic N) is 2. The van der Waals surface area contributed by atoms with Crippen molar-refractivity contribution in [2.75, 3.05) is 19.7 Å². The van der Waals surface area contributed by atoms with Crippen molar-refractivity contribution in [1.82, 2.24) is 9.88 Å². The lowest BCUT2D eigenvalue weighted by molar-refractivity contribution is -0.141. The molecule has 0 aliphatic carbocycles. The van der Waals surface area contributed by atoms with Gasteiger partial charge in [-0.2, -0.15) is 0 Å². The highest BCUT2D eigenvalue weighted by atomic mass is 31.2. The zero-order valence-corrected chi connectivity index (χ0v) is 21.9. The first kappa shape index (κ1) is 28.9. The van der Waals surface area contributed by atoms with Crippen molar-refractivity contribution in [2.24, 2.45) is 0 Å². The van der Waals surface area contributed by atoms with Crippen molar-refractivity contribution in [3.63, 3.8) is 0 Å². The Morgan fingerprint density at radius 2 is 1.76 bits per heavy atom. The summed E-state index contributed by atoms with van der Waals surface area (Å²) in [6, 6.07) is 8.22. The number of hydrogen-bond acceptors (Lipinski definition) is 10. The summed E-state index contributed by atoms with van der Waals surface area (Å²) in [4.78, 5) is 49.5. The van der Waals surface area contributed by atoms with Crippen LogP contribution < -0.4 is 4.74 Å². The van der Waals surface area contributed by atoms with Crippen LogP contribution in [0.25, 0.3) is 0 Å². The lowest BCUT2D eigenvalue weighted by Crippen LogP contribution is -2.38. The molecule has 2 unspecified atom stereocenters. The van der Waals surface area contributed by atoms with E-state index in [9.17, 15) is 33.6 Å². The SMILES string of the molecule is CCCN(CCOC(C)=O)C(=O)Oc1ccc(C2OP(=O)(O)C(O)(Cc3cccnc3)P(=O)(O)O2)cc1. The third-order valence-corrected chi connectivity index (χ3v) is 9.92. The van der Waals surface area contributed by atoms with Crippen molar-refractivity contribution < 1.29 is 52.1 Å². The Labute approximate surface area is 213 Å². The highest BCUT2D eigenvalue weighted by Crippen LogP contribution is 2.79. The van der Waals surface area contributed by atoms with Crippen molar-refractivity contribution in [3.8, 4) is 5.75 Å². The lowest BCUT2D eigenvalue weighted by Gasteiger charge is -2.41. The fourth-order valence-electron chi connectivity index (χ4n) is 3.43. The van der Waals surface area contributed by atoms with Gasteiger partial charge in [-0.3, -0.25) is 28.0 Å². The zero-order chi connectivity index (χ0) is 27.3. The van der Waals surface area contributed by atoms with Gasteiger partial charge in [0.1, 0.15) is 12.4 Å². The maximum absolute atomic E-state index is 12.9. The number of hydrogen-bond donors (Lipinski definition) is 3. The standard InChI is InChI=1S/C22H28N2O11P2/c1-3-11-24(12-13-32-16(2)25)21(26)33-19-8-6-18(7-9-19)20-34-36(28,29)22(27,37(30,31)35-20)14-17-5-4-10-23-15-17/h4-10,15,20,27H,3,11-14H2,1-2H3,(H,28,29)(H,30,31). The highest BCUT2D eigenvalue weighted by molar-refractivity contribution is 7.73. The molecule has 0 bridgehead atoms. The number of carbonyl (C=O) groups is 2. The first-order valence-electron chi connectivity index (χ1n) is 11.2. The van der Waals surface area contributed by atoms with E-state index in [1.165, 1.54) is 60.6 Å². The maximum Gasteiger partial charge on any atom is 0.415 e. The third-order valence-electron chi connectivity index (χ3n) is 5.32. The second kappa shape index (κ2) is 11.8. The predicted molar refractivity (Wildman–Crippen MR) is 128 cm³/mol. The average Bonchev–Trinajstić information content (AvgIpc) is 2.82. The molecule has 1 amide bonds. The minimum absolute atomic E-state index is 0.00922. The van der Waals surface area contributed by atoms with Gasteiger partial charge >= 0.3 is 27.3 Å². The average molecular weight is 558 g/mol. The van der Waals surface area contributed by atoms with Crippen LogP contribution in [-0.2, 0) is 34.1 Å². The summed E-state index contributed by atoms with van der Waals surface area (Å²) in [5.74, 6) is -0.367. The summed E-state index contributed by atoms with van der Waals surface area (Å²) in [5.41, 5.74) is 0.280. The van der Waals surface area contributed by atoms with Crippen molar-refractivity contribution in [3.05, 3.63) is 59.9 Å². The largest absolute Gasteiger partial charge is 0.464 e.